The Morgan fingerprint density at radius 1 is 1.06 bits per heavy atom. The average Bonchev–Trinajstić information content (AvgIpc) is 3.11. The number of aliphatic hydroxyl groups excluding tert-OH is 1. The number of benzene rings is 2. The van der Waals surface area contributed by atoms with Gasteiger partial charge in [0.15, 0.2) is 0 Å². The highest BCUT2D eigenvalue weighted by atomic mass is 16.5. The van der Waals surface area contributed by atoms with Crippen LogP contribution in [0.3, 0.4) is 0 Å². The van der Waals surface area contributed by atoms with Gasteiger partial charge >= 0.3 is 0 Å². The van der Waals surface area contributed by atoms with Crippen LogP contribution in [0.4, 0.5) is 0 Å². The van der Waals surface area contributed by atoms with Gasteiger partial charge in [-0.25, -0.2) is 4.68 Å². The normalized spacial score (nSPS) is 13.7. The quantitative estimate of drug-likeness (QED) is 0.362. The minimum Gasteiger partial charge on any atom is -0.439 e. The first-order valence-corrected chi connectivity index (χ1v) is 12.5. The fourth-order valence-electron chi connectivity index (χ4n) is 3.89. The first kappa shape index (κ1) is 26.9. The van der Waals surface area contributed by atoms with Crippen LogP contribution in [0.2, 0.25) is 0 Å². The number of rotatable bonds is 11. The number of ether oxygens (including phenoxy) is 2. The summed E-state index contributed by atoms with van der Waals surface area (Å²) in [7, 11) is 0. The van der Waals surface area contributed by atoms with Crippen molar-refractivity contribution in [3.63, 3.8) is 0 Å². The molecule has 0 saturated carbocycles. The Morgan fingerprint density at radius 2 is 1.77 bits per heavy atom. The smallest absolute Gasteiger partial charge is 0.227 e. The lowest BCUT2D eigenvalue weighted by Gasteiger charge is -2.31. The summed E-state index contributed by atoms with van der Waals surface area (Å²) in [4.78, 5) is 2.29. The summed E-state index contributed by atoms with van der Waals surface area (Å²) in [5, 5.41) is 15.6. The molecule has 0 spiro atoms. The molecule has 0 aliphatic rings. The van der Waals surface area contributed by atoms with Crippen molar-refractivity contribution in [3.8, 4) is 17.3 Å². The lowest BCUT2D eigenvalue weighted by molar-refractivity contribution is -0.0593. The van der Waals surface area contributed by atoms with E-state index in [2.05, 4.69) is 31.7 Å². The van der Waals surface area contributed by atoms with Gasteiger partial charge in [0.25, 0.3) is 0 Å². The molecule has 35 heavy (non-hydrogen) atoms. The molecule has 0 unspecified atom stereocenters. The summed E-state index contributed by atoms with van der Waals surface area (Å²) in [6.07, 6.45) is 0.376. The number of aryl methyl sites for hydroxylation is 2. The van der Waals surface area contributed by atoms with E-state index in [0.717, 1.165) is 34.7 Å². The molecule has 0 bridgehead atoms. The first-order valence-electron chi connectivity index (χ1n) is 12.5. The van der Waals surface area contributed by atoms with Gasteiger partial charge in [-0.1, -0.05) is 37.3 Å². The van der Waals surface area contributed by atoms with E-state index in [1.54, 1.807) is 0 Å². The fourth-order valence-corrected chi connectivity index (χ4v) is 3.89. The molecular weight excluding hydrogens is 438 g/mol. The molecule has 3 rings (SSSR count). The van der Waals surface area contributed by atoms with Crippen LogP contribution in [0.15, 0.2) is 54.6 Å². The van der Waals surface area contributed by atoms with Gasteiger partial charge in [0.1, 0.15) is 5.75 Å². The van der Waals surface area contributed by atoms with Gasteiger partial charge in [0, 0.05) is 19.1 Å². The monoisotopic (exact) mass is 479 g/mol. The number of hydrogen-bond donors (Lipinski definition) is 1. The van der Waals surface area contributed by atoms with Crippen molar-refractivity contribution in [2.75, 3.05) is 13.2 Å². The highest BCUT2D eigenvalue weighted by molar-refractivity contribution is 5.43. The van der Waals surface area contributed by atoms with Crippen LogP contribution in [0, 0.1) is 13.8 Å². The molecule has 1 aromatic heterocycles. The molecule has 0 aliphatic carbocycles. The molecule has 6 nitrogen and oxygen atoms in total. The van der Waals surface area contributed by atoms with Crippen LogP contribution < -0.4 is 4.74 Å². The Balaban J connectivity index is 1.95. The fraction of sp³-hybridized carbons (Fsp3) is 0.483. The standard InChI is InChI=1S/C29H41N3O3/c1-8-22(3)31(18-25(33)20-34-29(5,6)7)19-27-23(4)30-32(24-14-10-9-11-15-24)28(27)35-26-16-12-13-21(2)17-26/h9-17,22,25,33H,8,18-20H2,1-7H3/t22-,25+/m0/s1. The van der Waals surface area contributed by atoms with Gasteiger partial charge in [-0.05, 0) is 77.8 Å². The summed E-state index contributed by atoms with van der Waals surface area (Å²) >= 11 is 0. The van der Waals surface area contributed by atoms with Crippen molar-refractivity contribution < 1.29 is 14.6 Å². The van der Waals surface area contributed by atoms with E-state index in [-0.39, 0.29) is 11.6 Å². The zero-order chi connectivity index (χ0) is 25.6. The summed E-state index contributed by atoms with van der Waals surface area (Å²) < 4.78 is 14.2. The van der Waals surface area contributed by atoms with Gasteiger partial charge in [0.05, 0.1) is 35.3 Å². The van der Waals surface area contributed by atoms with Crippen molar-refractivity contribution >= 4 is 0 Å². The Hall–Kier alpha value is -2.67. The predicted octanol–water partition coefficient (Wildman–Crippen LogP) is 6.06. The van der Waals surface area contributed by atoms with Crippen LogP contribution in [0.1, 0.15) is 57.9 Å². The highest BCUT2D eigenvalue weighted by Crippen LogP contribution is 2.32. The van der Waals surface area contributed by atoms with Crippen LogP contribution >= 0.6 is 0 Å². The van der Waals surface area contributed by atoms with Gasteiger partial charge in [-0.3, -0.25) is 4.90 Å². The summed E-state index contributed by atoms with van der Waals surface area (Å²) in [5.41, 5.74) is 3.71. The van der Waals surface area contributed by atoms with E-state index < -0.39 is 6.10 Å². The molecule has 0 fully saturated rings. The van der Waals surface area contributed by atoms with E-state index in [4.69, 9.17) is 14.6 Å². The molecule has 2 atom stereocenters. The average molecular weight is 480 g/mol. The van der Waals surface area contributed by atoms with Crippen LogP contribution in [-0.2, 0) is 11.3 Å². The minimum absolute atomic E-state index is 0.269. The summed E-state index contributed by atoms with van der Waals surface area (Å²) in [6.45, 7) is 15.9. The zero-order valence-corrected chi connectivity index (χ0v) is 22.3. The van der Waals surface area contributed by atoms with Crippen molar-refractivity contribution in [1.29, 1.82) is 0 Å². The zero-order valence-electron chi connectivity index (χ0n) is 22.3. The topological polar surface area (TPSA) is 59.8 Å². The second kappa shape index (κ2) is 11.8. The van der Waals surface area contributed by atoms with Crippen molar-refractivity contribution in [3.05, 3.63) is 71.4 Å². The third-order valence-corrected chi connectivity index (χ3v) is 6.07. The summed E-state index contributed by atoms with van der Waals surface area (Å²) in [6, 6.07) is 18.4. The van der Waals surface area contributed by atoms with E-state index in [0.29, 0.717) is 25.6 Å². The van der Waals surface area contributed by atoms with Gasteiger partial charge in [-0.2, -0.15) is 5.10 Å². The largest absolute Gasteiger partial charge is 0.439 e. The molecule has 0 aliphatic heterocycles. The molecule has 1 heterocycles. The Kier molecular flexibility index (Phi) is 9.11. The number of nitrogens with zero attached hydrogens (tertiary/aromatic N) is 3. The SMILES string of the molecule is CC[C@H](C)N(Cc1c(C)nn(-c2ccccc2)c1Oc1cccc(C)c1)C[C@@H](O)COC(C)(C)C. The van der Waals surface area contributed by atoms with Gasteiger partial charge in [-0.15, -0.1) is 0 Å². The Bertz CT molecular complexity index is 1070. The van der Waals surface area contributed by atoms with E-state index in [1.807, 2.05) is 80.9 Å². The molecule has 0 radical (unpaired) electrons. The van der Waals surface area contributed by atoms with Gasteiger partial charge in [0.2, 0.25) is 5.88 Å². The molecule has 6 heteroatoms. The molecule has 0 saturated heterocycles. The number of para-hydroxylation sites is 1. The maximum absolute atomic E-state index is 10.8. The van der Waals surface area contributed by atoms with Crippen LogP contribution in [0.25, 0.3) is 5.69 Å². The second-order valence-corrected chi connectivity index (χ2v) is 10.3. The number of hydrogen-bond acceptors (Lipinski definition) is 5. The number of aromatic nitrogens is 2. The van der Waals surface area contributed by atoms with Crippen LogP contribution in [-0.4, -0.2) is 50.7 Å². The molecular formula is C29H41N3O3. The van der Waals surface area contributed by atoms with E-state index in [1.165, 1.54) is 0 Å². The van der Waals surface area contributed by atoms with E-state index >= 15 is 0 Å². The number of aliphatic hydroxyl groups is 1. The molecule has 1 N–H and O–H groups in total. The predicted molar refractivity (Wildman–Crippen MR) is 141 cm³/mol. The van der Waals surface area contributed by atoms with E-state index in [9.17, 15) is 5.11 Å². The maximum atomic E-state index is 10.8. The lowest BCUT2D eigenvalue weighted by Crippen LogP contribution is -2.41. The van der Waals surface area contributed by atoms with Gasteiger partial charge < -0.3 is 14.6 Å². The molecule has 190 valence electrons. The third-order valence-electron chi connectivity index (χ3n) is 6.07. The Morgan fingerprint density at radius 3 is 2.40 bits per heavy atom. The highest BCUT2D eigenvalue weighted by Gasteiger charge is 2.25. The van der Waals surface area contributed by atoms with Crippen molar-refractivity contribution in [2.45, 2.75) is 79.2 Å². The molecule has 0 amide bonds. The minimum atomic E-state index is -0.589. The third kappa shape index (κ3) is 7.66. The van der Waals surface area contributed by atoms with Crippen molar-refractivity contribution in [1.82, 2.24) is 14.7 Å². The van der Waals surface area contributed by atoms with Crippen LogP contribution in [0.5, 0.6) is 11.6 Å². The maximum Gasteiger partial charge on any atom is 0.227 e. The molecule has 3 aromatic rings. The first-order chi connectivity index (χ1) is 16.6. The van der Waals surface area contributed by atoms with Crippen molar-refractivity contribution in [2.24, 2.45) is 0 Å². The lowest BCUT2D eigenvalue weighted by atomic mass is 10.1. The second-order valence-electron chi connectivity index (χ2n) is 10.3. The Labute approximate surface area is 210 Å². The summed E-state index contributed by atoms with van der Waals surface area (Å²) in [5.74, 6) is 1.48. The molecule has 2 aromatic carbocycles.